The molecule has 0 aliphatic heterocycles. The maximum atomic E-state index is 11.4. The van der Waals surface area contributed by atoms with Gasteiger partial charge in [-0.3, -0.25) is 0 Å². The average molecular weight is 271 g/mol. The Morgan fingerprint density at radius 3 is 2.80 bits per heavy atom. The maximum Gasteiger partial charge on any atom is 0.330 e. The number of para-hydroxylation sites is 1. The van der Waals surface area contributed by atoms with Crippen LogP contribution in [0.3, 0.4) is 0 Å². The highest BCUT2D eigenvalue weighted by Gasteiger charge is 2.13. The van der Waals surface area contributed by atoms with Gasteiger partial charge in [0.15, 0.2) is 0 Å². The zero-order chi connectivity index (χ0) is 14.5. The summed E-state index contributed by atoms with van der Waals surface area (Å²) in [7, 11) is 2.05. The molecule has 3 heteroatoms. The molecule has 0 spiro atoms. The monoisotopic (exact) mass is 271 g/mol. The van der Waals surface area contributed by atoms with Crippen molar-refractivity contribution < 1.29 is 9.53 Å². The van der Waals surface area contributed by atoms with Crippen LogP contribution in [0.1, 0.15) is 31.7 Å². The molecule has 0 N–H and O–H groups in total. The van der Waals surface area contributed by atoms with Crippen LogP contribution in [0.15, 0.2) is 42.6 Å². The van der Waals surface area contributed by atoms with Crippen molar-refractivity contribution in [3.8, 4) is 0 Å². The molecule has 106 valence electrons. The molecule has 2 aromatic rings. The molecule has 3 nitrogen and oxygen atoms in total. The maximum absolute atomic E-state index is 11.4. The second kappa shape index (κ2) is 6.42. The van der Waals surface area contributed by atoms with Gasteiger partial charge >= 0.3 is 5.97 Å². The van der Waals surface area contributed by atoms with E-state index in [-0.39, 0.29) is 11.9 Å². The minimum absolute atomic E-state index is 0.227. The number of hydrogen-bond donors (Lipinski definition) is 0. The molecule has 1 unspecified atom stereocenters. The van der Waals surface area contributed by atoms with E-state index in [0.717, 1.165) is 6.42 Å². The van der Waals surface area contributed by atoms with Gasteiger partial charge in [0.05, 0.1) is 6.61 Å². The van der Waals surface area contributed by atoms with Crippen molar-refractivity contribution >= 4 is 16.9 Å². The number of aryl methyl sites for hydroxylation is 1. The molecular formula is C17H21NO2. The second-order valence-corrected chi connectivity index (χ2v) is 4.84. The number of benzene rings is 1. The number of rotatable bonds is 5. The molecule has 0 aliphatic carbocycles. The quantitative estimate of drug-likeness (QED) is 0.612. The number of ether oxygens (including phenoxy) is 1. The van der Waals surface area contributed by atoms with Gasteiger partial charge in [-0.05, 0) is 25.0 Å². The summed E-state index contributed by atoms with van der Waals surface area (Å²) >= 11 is 0. The van der Waals surface area contributed by atoms with Crippen molar-refractivity contribution in [1.82, 2.24) is 4.57 Å². The largest absolute Gasteiger partial charge is 0.463 e. The number of nitrogens with zero attached hydrogens (tertiary/aromatic N) is 1. The number of allylic oxidation sites excluding steroid dienone is 1. The van der Waals surface area contributed by atoms with E-state index in [1.54, 1.807) is 6.08 Å². The van der Waals surface area contributed by atoms with E-state index in [1.807, 2.05) is 32.2 Å². The molecule has 0 saturated heterocycles. The fourth-order valence-corrected chi connectivity index (χ4v) is 2.51. The van der Waals surface area contributed by atoms with E-state index < -0.39 is 0 Å². The van der Waals surface area contributed by atoms with Crippen LogP contribution in [-0.4, -0.2) is 17.1 Å². The highest BCUT2D eigenvalue weighted by molar-refractivity contribution is 5.85. The first-order valence-corrected chi connectivity index (χ1v) is 7.06. The minimum Gasteiger partial charge on any atom is -0.463 e. The molecule has 0 aliphatic rings. The average Bonchev–Trinajstić information content (AvgIpc) is 2.78. The van der Waals surface area contributed by atoms with Gasteiger partial charge in [-0.1, -0.05) is 31.2 Å². The zero-order valence-electron chi connectivity index (χ0n) is 12.3. The lowest BCUT2D eigenvalue weighted by Crippen LogP contribution is -2.01. The van der Waals surface area contributed by atoms with Crippen LogP contribution >= 0.6 is 0 Å². The van der Waals surface area contributed by atoms with Crippen LogP contribution < -0.4 is 0 Å². The molecule has 0 radical (unpaired) electrons. The van der Waals surface area contributed by atoms with Gasteiger partial charge < -0.3 is 9.30 Å². The fourth-order valence-electron chi connectivity index (χ4n) is 2.51. The third-order valence-electron chi connectivity index (χ3n) is 3.52. The van der Waals surface area contributed by atoms with Gasteiger partial charge in [0.25, 0.3) is 0 Å². The normalized spacial score (nSPS) is 12.9. The molecule has 1 atom stereocenters. The summed E-state index contributed by atoms with van der Waals surface area (Å²) in [6.07, 6.45) is 6.58. The van der Waals surface area contributed by atoms with Crippen molar-refractivity contribution in [3.63, 3.8) is 0 Å². The molecule has 1 aromatic carbocycles. The first kappa shape index (κ1) is 14.4. The summed E-state index contributed by atoms with van der Waals surface area (Å²) in [5, 5.41) is 1.25. The van der Waals surface area contributed by atoms with Crippen molar-refractivity contribution in [3.05, 3.63) is 48.2 Å². The summed E-state index contributed by atoms with van der Waals surface area (Å²) in [5.41, 5.74) is 2.47. The summed E-state index contributed by atoms with van der Waals surface area (Å²) in [5.74, 6) is -0.0447. The Labute approximate surface area is 119 Å². The second-order valence-electron chi connectivity index (χ2n) is 4.84. The molecule has 20 heavy (non-hydrogen) atoms. The van der Waals surface area contributed by atoms with Crippen LogP contribution in [-0.2, 0) is 16.6 Å². The number of esters is 1. The van der Waals surface area contributed by atoms with E-state index in [2.05, 4.69) is 29.8 Å². The summed E-state index contributed by atoms with van der Waals surface area (Å²) in [4.78, 5) is 11.4. The summed E-state index contributed by atoms with van der Waals surface area (Å²) in [6.45, 7) is 4.35. The lowest BCUT2D eigenvalue weighted by atomic mass is 9.95. The smallest absolute Gasteiger partial charge is 0.330 e. The van der Waals surface area contributed by atoms with Crippen LogP contribution in [0.4, 0.5) is 0 Å². The van der Waals surface area contributed by atoms with Crippen molar-refractivity contribution in [2.24, 2.45) is 7.05 Å². The third kappa shape index (κ3) is 2.93. The highest BCUT2D eigenvalue weighted by Crippen LogP contribution is 2.30. The number of carbonyl (C=O) groups is 1. The molecule has 0 bridgehead atoms. The van der Waals surface area contributed by atoms with Crippen molar-refractivity contribution in [1.29, 1.82) is 0 Å². The summed E-state index contributed by atoms with van der Waals surface area (Å²) < 4.78 is 7.06. The lowest BCUT2D eigenvalue weighted by molar-refractivity contribution is -0.137. The third-order valence-corrected chi connectivity index (χ3v) is 3.52. The lowest BCUT2D eigenvalue weighted by Gasteiger charge is -2.08. The predicted octanol–water partition coefficient (Wildman–Crippen LogP) is 3.79. The minimum atomic E-state index is -0.272. The van der Waals surface area contributed by atoms with E-state index in [9.17, 15) is 4.79 Å². The van der Waals surface area contributed by atoms with Crippen LogP contribution in [0.25, 0.3) is 10.9 Å². The Hall–Kier alpha value is -2.03. The topological polar surface area (TPSA) is 31.2 Å². The fraction of sp³-hybridized carbons (Fsp3) is 0.353. The highest BCUT2D eigenvalue weighted by atomic mass is 16.5. The Balaban J connectivity index is 2.33. The van der Waals surface area contributed by atoms with Gasteiger partial charge in [0.1, 0.15) is 0 Å². The van der Waals surface area contributed by atoms with E-state index in [4.69, 9.17) is 4.74 Å². The van der Waals surface area contributed by atoms with E-state index >= 15 is 0 Å². The molecule has 0 saturated carbocycles. The molecular weight excluding hydrogens is 250 g/mol. The zero-order valence-corrected chi connectivity index (χ0v) is 12.3. The van der Waals surface area contributed by atoms with Gasteiger partial charge in [0, 0.05) is 36.1 Å². The Morgan fingerprint density at radius 1 is 1.35 bits per heavy atom. The molecule has 2 rings (SSSR count). The van der Waals surface area contributed by atoms with Gasteiger partial charge in [-0.15, -0.1) is 0 Å². The molecule has 0 fully saturated rings. The Kier molecular flexibility index (Phi) is 4.61. The standard InChI is InChI=1S/C17H21NO2/c1-4-13(10-11-17(19)20-5-2)15-12-18(3)16-9-7-6-8-14(15)16/h6-13H,4-5H2,1-3H3/b11-10+. The van der Waals surface area contributed by atoms with E-state index in [0.29, 0.717) is 6.61 Å². The van der Waals surface area contributed by atoms with Crippen LogP contribution in [0.5, 0.6) is 0 Å². The Morgan fingerprint density at radius 2 is 2.10 bits per heavy atom. The number of fused-ring (bicyclic) bond motifs is 1. The van der Waals surface area contributed by atoms with Crippen molar-refractivity contribution in [2.75, 3.05) is 6.61 Å². The molecule has 1 heterocycles. The van der Waals surface area contributed by atoms with Gasteiger partial charge in [-0.2, -0.15) is 0 Å². The first-order valence-electron chi connectivity index (χ1n) is 7.06. The van der Waals surface area contributed by atoms with Crippen LogP contribution in [0, 0.1) is 0 Å². The molecule has 0 amide bonds. The first-order chi connectivity index (χ1) is 9.67. The van der Waals surface area contributed by atoms with E-state index in [1.165, 1.54) is 16.5 Å². The Bertz CT molecular complexity index is 625. The van der Waals surface area contributed by atoms with Crippen LogP contribution in [0.2, 0.25) is 0 Å². The van der Waals surface area contributed by atoms with Gasteiger partial charge in [-0.25, -0.2) is 4.79 Å². The predicted molar refractivity (Wildman–Crippen MR) is 81.7 cm³/mol. The van der Waals surface area contributed by atoms with Crippen molar-refractivity contribution in [2.45, 2.75) is 26.2 Å². The number of carbonyl (C=O) groups excluding carboxylic acids is 1. The summed E-state index contributed by atoms with van der Waals surface area (Å²) in [6, 6.07) is 8.33. The number of aromatic nitrogens is 1. The SMILES string of the molecule is CCOC(=O)/C=C/C(CC)c1cn(C)c2ccccc12. The number of hydrogen-bond acceptors (Lipinski definition) is 2. The molecule has 1 aromatic heterocycles. The van der Waals surface area contributed by atoms with Gasteiger partial charge in [0.2, 0.25) is 0 Å².